The van der Waals surface area contributed by atoms with E-state index < -0.39 is 21.9 Å². The molecule has 0 aliphatic carbocycles. The summed E-state index contributed by atoms with van der Waals surface area (Å²) in [4.78, 5) is 29.1. The lowest BCUT2D eigenvalue weighted by Gasteiger charge is -2.07. The van der Waals surface area contributed by atoms with Gasteiger partial charge >= 0.3 is 5.97 Å². The average molecular weight is 446 g/mol. The zero-order valence-electron chi connectivity index (χ0n) is 16.2. The van der Waals surface area contributed by atoms with E-state index in [1.807, 2.05) is 6.07 Å². The summed E-state index contributed by atoms with van der Waals surface area (Å²) in [6.07, 6.45) is 2.16. The van der Waals surface area contributed by atoms with Gasteiger partial charge in [0.05, 0.1) is 17.6 Å². The number of aryl methyl sites for hydroxylation is 1. The van der Waals surface area contributed by atoms with E-state index >= 15 is 0 Å². The van der Waals surface area contributed by atoms with E-state index in [-0.39, 0.29) is 10.5 Å². The molecule has 10 heteroatoms. The number of sulfonamides is 1. The molecule has 3 rings (SSSR count). The predicted octanol–water partition coefficient (Wildman–Crippen LogP) is 2.73. The van der Waals surface area contributed by atoms with Crippen molar-refractivity contribution in [3.8, 4) is 0 Å². The van der Waals surface area contributed by atoms with Gasteiger partial charge in [0, 0.05) is 23.1 Å². The molecule has 0 bridgehead atoms. The third-order valence-corrected chi connectivity index (χ3v) is 6.22. The second-order valence-corrected chi connectivity index (χ2v) is 9.12. The second-order valence-electron chi connectivity index (χ2n) is 6.48. The fourth-order valence-corrected chi connectivity index (χ4v) is 4.44. The van der Waals surface area contributed by atoms with Gasteiger partial charge in [-0.05, 0) is 42.3 Å². The number of aromatic nitrogens is 1. The number of hydrogen-bond acceptors (Lipinski definition) is 7. The number of hydrogen-bond donors (Lipinski definition) is 2. The maximum absolute atomic E-state index is 12.5. The molecule has 0 atom stereocenters. The van der Waals surface area contributed by atoms with Gasteiger partial charge in [-0.2, -0.15) is 0 Å². The number of nitrogens with one attached hydrogen (secondary N) is 1. The Kier molecular flexibility index (Phi) is 6.30. The van der Waals surface area contributed by atoms with Gasteiger partial charge in [-0.3, -0.25) is 10.1 Å². The number of methoxy groups -OCH3 is 1. The van der Waals surface area contributed by atoms with Crippen molar-refractivity contribution in [2.24, 2.45) is 5.14 Å². The van der Waals surface area contributed by atoms with Crippen LogP contribution in [0.4, 0.5) is 5.13 Å². The van der Waals surface area contributed by atoms with Gasteiger partial charge < -0.3 is 4.74 Å². The quantitative estimate of drug-likeness (QED) is 0.562. The van der Waals surface area contributed by atoms with Gasteiger partial charge in [0.25, 0.3) is 5.91 Å². The summed E-state index contributed by atoms with van der Waals surface area (Å²) < 4.78 is 28.0. The number of esters is 1. The van der Waals surface area contributed by atoms with Gasteiger partial charge in [0.1, 0.15) is 0 Å². The Labute approximate surface area is 177 Å². The minimum atomic E-state index is -3.93. The summed E-state index contributed by atoms with van der Waals surface area (Å²) in [6, 6.07) is 11.3. The van der Waals surface area contributed by atoms with Crippen molar-refractivity contribution in [1.82, 2.24) is 4.98 Å². The van der Waals surface area contributed by atoms with Crippen LogP contribution in [0.2, 0.25) is 0 Å². The van der Waals surface area contributed by atoms with Crippen LogP contribution in [0.15, 0.2) is 53.6 Å². The van der Waals surface area contributed by atoms with E-state index in [9.17, 15) is 18.0 Å². The fourth-order valence-electron chi connectivity index (χ4n) is 2.79. The zero-order chi connectivity index (χ0) is 21.9. The number of benzene rings is 2. The van der Waals surface area contributed by atoms with E-state index in [0.717, 1.165) is 10.4 Å². The smallest absolute Gasteiger partial charge is 0.337 e. The van der Waals surface area contributed by atoms with Crippen molar-refractivity contribution in [3.63, 3.8) is 0 Å². The van der Waals surface area contributed by atoms with Crippen LogP contribution >= 0.6 is 11.3 Å². The first-order valence-corrected chi connectivity index (χ1v) is 11.1. The topological polar surface area (TPSA) is 128 Å². The van der Waals surface area contributed by atoms with Crippen LogP contribution < -0.4 is 10.5 Å². The number of carbonyl (C=O) groups is 2. The summed E-state index contributed by atoms with van der Waals surface area (Å²) >= 11 is 1.28. The molecule has 1 amide bonds. The molecule has 2 aromatic carbocycles. The molecule has 0 fully saturated rings. The zero-order valence-corrected chi connectivity index (χ0v) is 17.8. The maximum Gasteiger partial charge on any atom is 0.337 e. The number of anilines is 1. The second kappa shape index (κ2) is 8.74. The molecule has 0 spiro atoms. The molecular formula is C20H19N3O5S2. The number of primary sulfonamides is 1. The highest BCUT2D eigenvalue weighted by atomic mass is 32.2. The Morgan fingerprint density at radius 3 is 2.63 bits per heavy atom. The highest BCUT2D eigenvalue weighted by Gasteiger charge is 2.16. The van der Waals surface area contributed by atoms with Gasteiger partial charge in [0.2, 0.25) is 10.0 Å². The number of ether oxygens (including phenoxy) is 1. The van der Waals surface area contributed by atoms with Crippen molar-refractivity contribution in [1.29, 1.82) is 0 Å². The molecule has 1 aromatic heterocycles. The minimum Gasteiger partial charge on any atom is -0.465 e. The van der Waals surface area contributed by atoms with Crippen LogP contribution in [0.3, 0.4) is 0 Å². The first-order chi connectivity index (χ1) is 14.2. The van der Waals surface area contributed by atoms with Crippen molar-refractivity contribution in [2.45, 2.75) is 18.2 Å². The van der Waals surface area contributed by atoms with Crippen LogP contribution in [0.25, 0.3) is 0 Å². The number of thiazole rings is 1. The van der Waals surface area contributed by atoms with Crippen LogP contribution in [0, 0.1) is 6.92 Å². The normalized spacial score (nSPS) is 11.2. The lowest BCUT2D eigenvalue weighted by Crippen LogP contribution is -2.16. The third-order valence-electron chi connectivity index (χ3n) is 4.26. The highest BCUT2D eigenvalue weighted by molar-refractivity contribution is 7.89. The van der Waals surface area contributed by atoms with Crippen LogP contribution in [0.5, 0.6) is 0 Å². The molecule has 0 radical (unpaired) electrons. The lowest BCUT2D eigenvalue weighted by atomic mass is 10.1. The number of nitrogens with zero attached hydrogens (tertiary/aromatic N) is 1. The number of carbonyl (C=O) groups excluding carboxylic acids is 2. The molecule has 8 nitrogen and oxygen atoms in total. The first kappa shape index (κ1) is 21.6. The third kappa shape index (κ3) is 5.09. The summed E-state index contributed by atoms with van der Waals surface area (Å²) in [5.74, 6) is -0.903. The van der Waals surface area contributed by atoms with E-state index in [4.69, 9.17) is 9.88 Å². The Morgan fingerprint density at radius 2 is 1.93 bits per heavy atom. The Hall–Kier alpha value is -3.08. The van der Waals surface area contributed by atoms with E-state index in [0.29, 0.717) is 22.7 Å². The first-order valence-electron chi connectivity index (χ1n) is 8.74. The average Bonchev–Trinajstić information content (AvgIpc) is 3.13. The molecule has 1 heterocycles. The molecule has 0 aliphatic heterocycles. The summed E-state index contributed by atoms with van der Waals surface area (Å²) in [6.45, 7) is 1.60. The van der Waals surface area contributed by atoms with Crippen molar-refractivity contribution < 1.29 is 22.7 Å². The minimum absolute atomic E-state index is 0.0968. The summed E-state index contributed by atoms with van der Waals surface area (Å²) in [7, 11) is -2.60. The monoisotopic (exact) mass is 445 g/mol. The largest absolute Gasteiger partial charge is 0.465 e. The molecule has 156 valence electrons. The van der Waals surface area contributed by atoms with Gasteiger partial charge in [-0.1, -0.05) is 18.2 Å². The molecule has 0 saturated heterocycles. The van der Waals surface area contributed by atoms with Crippen molar-refractivity contribution in [3.05, 3.63) is 75.8 Å². The Balaban J connectivity index is 1.73. The van der Waals surface area contributed by atoms with Gasteiger partial charge in [-0.15, -0.1) is 11.3 Å². The van der Waals surface area contributed by atoms with Gasteiger partial charge in [-0.25, -0.2) is 23.3 Å². The number of nitrogens with two attached hydrogens (primary N) is 1. The maximum atomic E-state index is 12.5. The number of amides is 1. The van der Waals surface area contributed by atoms with Crippen LogP contribution in [-0.2, 0) is 21.2 Å². The molecule has 0 saturated carbocycles. The standard InChI is InChI=1S/C20H19N3O5S2/c1-12-6-7-14(10-17(12)30(21,26)27)18(24)23-20-22-11-16(29-20)9-13-4-3-5-15(8-13)19(25)28-2/h3-8,10-11H,9H2,1-2H3,(H2,21,26,27)(H,22,23,24). The molecule has 0 unspecified atom stereocenters. The SMILES string of the molecule is COC(=O)c1cccc(Cc2cnc(NC(=O)c3ccc(C)c(S(N)(=O)=O)c3)s2)c1. The van der Waals surface area contributed by atoms with E-state index in [1.54, 1.807) is 31.3 Å². The molecule has 3 N–H and O–H groups in total. The summed E-state index contributed by atoms with van der Waals surface area (Å²) in [5.41, 5.74) is 1.97. The number of rotatable bonds is 6. The Morgan fingerprint density at radius 1 is 1.17 bits per heavy atom. The molecular weight excluding hydrogens is 426 g/mol. The van der Waals surface area contributed by atoms with Crippen LogP contribution in [0.1, 0.15) is 36.7 Å². The fraction of sp³-hybridized carbons (Fsp3) is 0.150. The van der Waals surface area contributed by atoms with Crippen molar-refractivity contribution in [2.75, 3.05) is 12.4 Å². The predicted molar refractivity (Wildman–Crippen MR) is 113 cm³/mol. The summed E-state index contributed by atoms with van der Waals surface area (Å²) in [5, 5.41) is 8.23. The van der Waals surface area contributed by atoms with E-state index in [2.05, 4.69) is 10.3 Å². The molecule has 30 heavy (non-hydrogen) atoms. The Bertz CT molecular complexity index is 1220. The molecule has 3 aromatic rings. The lowest BCUT2D eigenvalue weighted by molar-refractivity contribution is 0.0600. The van der Waals surface area contributed by atoms with Crippen molar-refractivity contribution >= 4 is 38.4 Å². The highest BCUT2D eigenvalue weighted by Crippen LogP contribution is 2.23. The van der Waals surface area contributed by atoms with Gasteiger partial charge in [0.15, 0.2) is 5.13 Å². The van der Waals surface area contributed by atoms with Crippen LogP contribution in [-0.4, -0.2) is 32.4 Å². The van der Waals surface area contributed by atoms with E-state index in [1.165, 1.54) is 36.6 Å². The molecule has 0 aliphatic rings.